The minimum atomic E-state index is 0.0968. The molecule has 0 unspecified atom stereocenters. The topological polar surface area (TPSA) is 40.6 Å². The number of likely N-dealkylation sites (tertiary alicyclic amines) is 1. The summed E-state index contributed by atoms with van der Waals surface area (Å²) in [6.45, 7) is 3.63. The van der Waals surface area contributed by atoms with Gasteiger partial charge in [0.15, 0.2) is 0 Å². The molecular formula is C16H22N2O2. The van der Waals surface area contributed by atoms with Crippen LogP contribution in [0.3, 0.4) is 0 Å². The maximum atomic E-state index is 12.2. The molecule has 4 nitrogen and oxygen atoms in total. The minimum absolute atomic E-state index is 0.0968. The summed E-state index contributed by atoms with van der Waals surface area (Å²) in [5.74, 6) is 0.358. The Kier molecular flexibility index (Phi) is 4.77. The van der Waals surface area contributed by atoms with Gasteiger partial charge in [-0.3, -0.25) is 9.59 Å². The first-order valence-electron chi connectivity index (χ1n) is 7.19. The first kappa shape index (κ1) is 14.6. The maximum absolute atomic E-state index is 12.2. The number of amides is 1. The van der Waals surface area contributed by atoms with Gasteiger partial charge in [-0.25, -0.2) is 0 Å². The number of hydrogen-bond donors (Lipinski definition) is 0. The monoisotopic (exact) mass is 274 g/mol. The van der Waals surface area contributed by atoms with Crippen LogP contribution in [0.15, 0.2) is 24.3 Å². The van der Waals surface area contributed by atoms with Crippen molar-refractivity contribution in [1.82, 2.24) is 4.90 Å². The molecule has 1 saturated heterocycles. The summed E-state index contributed by atoms with van der Waals surface area (Å²) in [5, 5.41) is 0. The molecule has 2 rings (SSSR count). The summed E-state index contributed by atoms with van der Waals surface area (Å²) in [6.07, 6.45) is 2.02. The molecule has 108 valence electrons. The van der Waals surface area contributed by atoms with Crippen molar-refractivity contribution >= 4 is 17.4 Å². The zero-order valence-corrected chi connectivity index (χ0v) is 12.3. The molecule has 1 aliphatic heterocycles. The standard InChI is InChI=1S/C16H22N2O2/c1-3-13-4-6-14(7-5-13)17(2)12-16(20)18-10-8-15(19)9-11-18/h4-7H,3,8-12H2,1-2H3. The maximum Gasteiger partial charge on any atom is 0.242 e. The van der Waals surface area contributed by atoms with Crippen LogP contribution < -0.4 is 4.90 Å². The summed E-state index contributed by atoms with van der Waals surface area (Å²) < 4.78 is 0. The lowest BCUT2D eigenvalue weighted by molar-refractivity contribution is -0.133. The van der Waals surface area contributed by atoms with Crippen LogP contribution in [0.4, 0.5) is 5.69 Å². The van der Waals surface area contributed by atoms with E-state index in [2.05, 4.69) is 19.1 Å². The van der Waals surface area contributed by atoms with Crippen LogP contribution in [0.2, 0.25) is 0 Å². The van der Waals surface area contributed by atoms with E-state index in [1.54, 1.807) is 4.90 Å². The summed E-state index contributed by atoms with van der Waals surface area (Å²) in [6, 6.07) is 8.28. The molecule has 20 heavy (non-hydrogen) atoms. The van der Waals surface area contributed by atoms with Crippen LogP contribution in [0.1, 0.15) is 25.3 Å². The number of benzene rings is 1. The van der Waals surface area contributed by atoms with Gasteiger partial charge in [0.25, 0.3) is 0 Å². The van der Waals surface area contributed by atoms with E-state index in [-0.39, 0.29) is 11.7 Å². The van der Waals surface area contributed by atoms with E-state index in [0.717, 1.165) is 12.1 Å². The summed E-state index contributed by atoms with van der Waals surface area (Å²) in [7, 11) is 1.92. The number of nitrogens with zero attached hydrogens (tertiary/aromatic N) is 2. The SMILES string of the molecule is CCc1ccc(N(C)CC(=O)N2CCC(=O)CC2)cc1. The number of Topliss-reactive ketones (excluding diaryl/α,β-unsaturated/α-hetero) is 1. The van der Waals surface area contributed by atoms with Crippen molar-refractivity contribution in [3.63, 3.8) is 0 Å². The van der Waals surface area contributed by atoms with Gasteiger partial charge in [-0.2, -0.15) is 0 Å². The quantitative estimate of drug-likeness (QED) is 0.841. The zero-order valence-electron chi connectivity index (χ0n) is 12.3. The molecule has 1 aliphatic rings. The molecule has 0 saturated carbocycles. The van der Waals surface area contributed by atoms with Crippen LogP contribution >= 0.6 is 0 Å². The Balaban J connectivity index is 1.91. The molecule has 0 N–H and O–H groups in total. The van der Waals surface area contributed by atoms with Crippen LogP contribution in [0.25, 0.3) is 0 Å². The number of aryl methyl sites for hydroxylation is 1. The molecular weight excluding hydrogens is 252 g/mol. The van der Waals surface area contributed by atoms with Crippen LogP contribution in [-0.4, -0.2) is 43.3 Å². The van der Waals surface area contributed by atoms with Gasteiger partial charge in [-0.15, -0.1) is 0 Å². The van der Waals surface area contributed by atoms with E-state index < -0.39 is 0 Å². The third-order valence-electron chi connectivity index (χ3n) is 3.83. The van der Waals surface area contributed by atoms with Gasteiger partial charge in [-0.05, 0) is 24.1 Å². The zero-order chi connectivity index (χ0) is 14.5. The van der Waals surface area contributed by atoms with Crippen molar-refractivity contribution in [2.45, 2.75) is 26.2 Å². The van der Waals surface area contributed by atoms with Crippen molar-refractivity contribution in [2.75, 3.05) is 31.6 Å². The predicted octanol–water partition coefficient (Wildman–Crippen LogP) is 1.88. The number of anilines is 1. The van der Waals surface area contributed by atoms with E-state index in [9.17, 15) is 9.59 Å². The second-order valence-electron chi connectivity index (χ2n) is 5.30. The van der Waals surface area contributed by atoms with Gasteiger partial charge in [0.1, 0.15) is 5.78 Å². The van der Waals surface area contributed by atoms with E-state index in [0.29, 0.717) is 32.5 Å². The molecule has 1 fully saturated rings. The number of carbonyl (C=O) groups is 2. The smallest absolute Gasteiger partial charge is 0.242 e. The molecule has 4 heteroatoms. The average molecular weight is 274 g/mol. The first-order valence-corrected chi connectivity index (χ1v) is 7.19. The highest BCUT2D eigenvalue weighted by atomic mass is 16.2. The van der Waals surface area contributed by atoms with Crippen LogP contribution in [0.5, 0.6) is 0 Å². The summed E-state index contributed by atoms with van der Waals surface area (Å²) in [4.78, 5) is 27.1. The number of likely N-dealkylation sites (N-methyl/N-ethyl adjacent to an activating group) is 1. The lowest BCUT2D eigenvalue weighted by Gasteiger charge is -2.28. The van der Waals surface area contributed by atoms with Gasteiger partial charge >= 0.3 is 0 Å². The molecule has 1 aromatic rings. The third-order valence-corrected chi connectivity index (χ3v) is 3.83. The highest BCUT2D eigenvalue weighted by Gasteiger charge is 2.21. The van der Waals surface area contributed by atoms with Crippen molar-refractivity contribution in [1.29, 1.82) is 0 Å². The Morgan fingerprint density at radius 3 is 2.35 bits per heavy atom. The van der Waals surface area contributed by atoms with E-state index >= 15 is 0 Å². The number of piperidine rings is 1. The molecule has 1 amide bonds. The lowest BCUT2D eigenvalue weighted by Crippen LogP contribution is -2.43. The average Bonchev–Trinajstić information content (AvgIpc) is 2.48. The Bertz CT molecular complexity index is 472. The fraction of sp³-hybridized carbons (Fsp3) is 0.500. The van der Waals surface area contributed by atoms with Gasteiger partial charge in [-0.1, -0.05) is 19.1 Å². The van der Waals surface area contributed by atoms with Crippen molar-refractivity contribution in [3.8, 4) is 0 Å². The highest BCUT2D eigenvalue weighted by Crippen LogP contribution is 2.15. The molecule has 0 radical (unpaired) electrons. The highest BCUT2D eigenvalue weighted by molar-refractivity contribution is 5.85. The fourth-order valence-electron chi connectivity index (χ4n) is 2.39. The van der Waals surface area contributed by atoms with Gasteiger partial charge in [0, 0.05) is 38.7 Å². The Labute approximate surface area is 120 Å². The van der Waals surface area contributed by atoms with Crippen LogP contribution in [-0.2, 0) is 16.0 Å². The lowest BCUT2D eigenvalue weighted by atomic mass is 10.1. The Morgan fingerprint density at radius 1 is 1.20 bits per heavy atom. The van der Waals surface area contributed by atoms with E-state index in [1.165, 1.54) is 5.56 Å². The molecule has 0 bridgehead atoms. The molecule has 0 aromatic heterocycles. The van der Waals surface area contributed by atoms with Gasteiger partial charge in [0.2, 0.25) is 5.91 Å². The number of hydrogen-bond acceptors (Lipinski definition) is 3. The Morgan fingerprint density at radius 2 is 1.80 bits per heavy atom. The summed E-state index contributed by atoms with van der Waals surface area (Å²) >= 11 is 0. The minimum Gasteiger partial charge on any atom is -0.365 e. The second-order valence-corrected chi connectivity index (χ2v) is 5.30. The van der Waals surface area contributed by atoms with Crippen molar-refractivity contribution in [2.24, 2.45) is 0 Å². The normalized spacial score (nSPS) is 15.3. The van der Waals surface area contributed by atoms with E-state index in [1.807, 2.05) is 24.1 Å². The van der Waals surface area contributed by atoms with E-state index in [4.69, 9.17) is 0 Å². The van der Waals surface area contributed by atoms with Gasteiger partial charge in [0.05, 0.1) is 6.54 Å². The molecule has 1 heterocycles. The number of ketones is 1. The third kappa shape index (κ3) is 3.59. The number of rotatable bonds is 4. The molecule has 0 atom stereocenters. The first-order chi connectivity index (χ1) is 9.60. The van der Waals surface area contributed by atoms with Crippen molar-refractivity contribution in [3.05, 3.63) is 29.8 Å². The predicted molar refractivity (Wildman–Crippen MR) is 79.9 cm³/mol. The van der Waals surface area contributed by atoms with Crippen molar-refractivity contribution < 1.29 is 9.59 Å². The second kappa shape index (κ2) is 6.55. The van der Waals surface area contributed by atoms with Crippen LogP contribution in [0, 0.1) is 0 Å². The largest absolute Gasteiger partial charge is 0.365 e. The molecule has 0 spiro atoms. The number of carbonyl (C=O) groups excluding carboxylic acids is 2. The molecule has 1 aromatic carbocycles. The van der Waals surface area contributed by atoms with Gasteiger partial charge < -0.3 is 9.80 Å². The fourth-order valence-corrected chi connectivity index (χ4v) is 2.39. The Hall–Kier alpha value is -1.84. The summed E-state index contributed by atoms with van der Waals surface area (Å²) in [5.41, 5.74) is 2.34. The molecule has 0 aliphatic carbocycles.